The van der Waals surface area contributed by atoms with Crippen LogP contribution in [-0.2, 0) is 6.42 Å². The molecular formula is C25H27N3O2. The van der Waals surface area contributed by atoms with Crippen LogP contribution in [0.4, 0.5) is 0 Å². The van der Waals surface area contributed by atoms with Crippen LogP contribution >= 0.6 is 0 Å². The van der Waals surface area contributed by atoms with Crippen LogP contribution < -0.4 is 5.56 Å². The minimum absolute atomic E-state index is 0.0397. The molecule has 0 amide bonds. The molecule has 0 saturated carbocycles. The number of aromatic nitrogens is 3. The average Bonchev–Trinajstić information content (AvgIpc) is 2.78. The molecule has 2 aromatic heterocycles. The zero-order chi connectivity index (χ0) is 21.5. The highest BCUT2D eigenvalue weighted by Gasteiger charge is 2.14. The van der Waals surface area contributed by atoms with E-state index >= 15 is 0 Å². The predicted molar refractivity (Wildman–Crippen MR) is 122 cm³/mol. The minimum Gasteiger partial charge on any atom is -0.396 e. The van der Waals surface area contributed by atoms with Crippen molar-refractivity contribution in [3.05, 3.63) is 95.3 Å². The number of hydrogen-bond donors (Lipinski definition) is 1. The highest BCUT2D eigenvalue weighted by molar-refractivity contribution is 5.79. The van der Waals surface area contributed by atoms with Crippen molar-refractivity contribution in [3.63, 3.8) is 0 Å². The Morgan fingerprint density at radius 3 is 2.67 bits per heavy atom. The second kappa shape index (κ2) is 9.94. The first kappa shape index (κ1) is 21.4. The van der Waals surface area contributed by atoms with Gasteiger partial charge in [0.25, 0.3) is 5.56 Å². The minimum atomic E-state index is -0.120. The largest absolute Gasteiger partial charge is 0.396 e. The fourth-order valence-electron chi connectivity index (χ4n) is 3.54. The van der Waals surface area contributed by atoms with Crippen LogP contribution in [0.1, 0.15) is 42.6 Å². The van der Waals surface area contributed by atoms with E-state index in [0.29, 0.717) is 18.5 Å². The van der Waals surface area contributed by atoms with E-state index in [4.69, 9.17) is 0 Å². The van der Waals surface area contributed by atoms with E-state index in [1.807, 2.05) is 49.5 Å². The summed E-state index contributed by atoms with van der Waals surface area (Å²) >= 11 is 0. The van der Waals surface area contributed by atoms with Crippen LogP contribution in [0.5, 0.6) is 0 Å². The SMILES string of the molecule is C=Cc1ccc(CC(=C)c2ccccc2-c2cc(=O)n([C@H](CC)CCO)cn2)cn1. The maximum Gasteiger partial charge on any atom is 0.254 e. The van der Waals surface area contributed by atoms with E-state index in [-0.39, 0.29) is 18.2 Å². The molecule has 0 spiro atoms. The Balaban J connectivity index is 1.90. The summed E-state index contributed by atoms with van der Waals surface area (Å²) in [5, 5.41) is 9.25. The van der Waals surface area contributed by atoms with Gasteiger partial charge in [-0.1, -0.05) is 50.4 Å². The highest BCUT2D eigenvalue weighted by atomic mass is 16.3. The molecule has 0 aliphatic heterocycles. The molecule has 1 aromatic carbocycles. The van der Waals surface area contributed by atoms with Crippen molar-refractivity contribution in [2.45, 2.75) is 32.2 Å². The summed E-state index contributed by atoms with van der Waals surface area (Å²) in [6, 6.07) is 13.3. The number of benzene rings is 1. The summed E-state index contributed by atoms with van der Waals surface area (Å²) in [5.74, 6) is 0. The first-order chi connectivity index (χ1) is 14.6. The molecule has 0 aliphatic carbocycles. The molecule has 0 radical (unpaired) electrons. The second-order valence-electron chi connectivity index (χ2n) is 7.22. The Kier molecular flexibility index (Phi) is 7.09. The topological polar surface area (TPSA) is 68.0 Å². The lowest BCUT2D eigenvalue weighted by Gasteiger charge is -2.17. The summed E-state index contributed by atoms with van der Waals surface area (Å²) in [7, 11) is 0. The van der Waals surface area contributed by atoms with Gasteiger partial charge >= 0.3 is 0 Å². The monoisotopic (exact) mass is 401 g/mol. The quantitative estimate of drug-likeness (QED) is 0.572. The lowest BCUT2D eigenvalue weighted by molar-refractivity contribution is 0.252. The van der Waals surface area contributed by atoms with Crippen molar-refractivity contribution in [1.82, 2.24) is 14.5 Å². The average molecular weight is 402 g/mol. The van der Waals surface area contributed by atoms with E-state index in [9.17, 15) is 9.90 Å². The van der Waals surface area contributed by atoms with Gasteiger partial charge in [0.1, 0.15) is 0 Å². The first-order valence-corrected chi connectivity index (χ1v) is 10.1. The number of nitrogens with zero attached hydrogens (tertiary/aromatic N) is 3. The molecule has 0 saturated heterocycles. The van der Waals surface area contributed by atoms with Crippen molar-refractivity contribution < 1.29 is 5.11 Å². The summed E-state index contributed by atoms with van der Waals surface area (Å²) < 4.78 is 1.60. The zero-order valence-electron chi connectivity index (χ0n) is 17.3. The van der Waals surface area contributed by atoms with Gasteiger partial charge in [0.15, 0.2) is 0 Å². The van der Waals surface area contributed by atoms with Gasteiger partial charge in [-0.2, -0.15) is 0 Å². The molecule has 2 heterocycles. The molecule has 0 bridgehead atoms. The van der Waals surface area contributed by atoms with Gasteiger partial charge in [0.05, 0.1) is 17.7 Å². The van der Waals surface area contributed by atoms with E-state index in [1.165, 1.54) is 0 Å². The second-order valence-corrected chi connectivity index (χ2v) is 7.22. The van der Waals surface area contributed by atoms with Gasteiger partial charge in [-0.15, -0.1) is 0 Å². The number of hydrogen-bond acceptors (Lipinski definition) is 4. The molecule has 3 aromatic rings. The van der Waals surface area contributed by atoms with Gasteiger partial charge in [0.2, 0.25) is 0 Å². The number of aliphatic hydroxyl groups excluding tert-OH is 1. The fraction of sp³-hybridized carbons (Fsp3) is 0.240. The Bertz CT molecular complexity index is 1080. The van der Waals surface area contributed by atoms with E-state index in [1.54, 1.807) is 23.0 Å². The van der Waals surface area contributed by atoms with Crippen LogP contribution in [0.3, 0.4) is 0 Å². The lowest BCUT2D eigenvalue weighted by Crippen LogP contribution is -2.25. The number of rotatable bonds is 9. The van der Waals surface area contributed by atoms with Crippen molar-refractivity contribution in [2.24, 2.45) is 0 Å². The zero-order valence-corrected chi connectivity index (χ0v) is 17.3. The Labute approximate surface area is 177 Å². The van der Waals surface area contributed by atoms with E-state index < -0.39 is 0 Å². The Morgan fingerprint density at radius 1 is 1.23 bits per heavy atom. The molecule has 0 fully saturated rings. The lowest BCUT2D eigenvalue weighted by atomic mass is 9.94. The number of aliphatic hydroxyl groups is 1. The normalized spacial score (nSPS) is 11.8. The molecule has 0 unspecified atom stereocenters. The van der Waals surface area contributed by atoms with Gasteiger partial charge in [-0.25, -0.2) is 4.98 Å². The summed E-state index contributed by atoms with van der Waals surface area (Å²) in [4.78, 5) is 21.6. The van der Waals surface area contributed by atoms with Crippen molar-refractivity contribution in [3.8, 4) is 11.3 Å². The summed E-state index contributed by atoms with van der Waals surface area (Å²) in [6.45, 7) is 10.0. The maximum atomic E-state index is 12.7. The standard InChI is InChI=1S/C25H27N3O2/c1-4-20-11-10-19(16-26-20)14-18(3)22-8-6-7-9-23(22)24-15-25(30)28(17-27-24)21(5-2)12-13-29/h4,6-11,15-17,21,29H,1,3,5,12-14H2,2H3/t21-/m1/s1. The molecule has 5 nitrogen and oxygen atoms in total. The van der Waals surface area contributed by atoms with Crippen LogP contribution in [-0.4, -0.2) is 26.2 Å². The summed E-state index contributed by atoms with van der Waals surface area (Å²) in [6.07, 6.45) is 7.06. The molecule has 1 N–H and O–H groups in total. The van der Waals surface area contributed by atoms with Crippen molar-refractivity contribution in [2.75, 3.05) is 6.61 Å². The van der Waals surface area contributed by atoms with Crippen molar-refractivity contribution >= 4 is 11.6 Å². The number of pyridine rings is 1. The van der Waals surface area contributed by atoms with Crippen LogP contribution in [0.15, 0.2) is 72.9 Å². The maximum absolute atomic E-state index is 12.7. The molecule has 0 aliphatic rings. The third-order valence-electron chi connectivity index (χ3n) is 5.22. The van der Waals surface area contributed by atoms with Gasteiger partial charge in [-0.05, 0) is 48.1 Å². The third-order valence-corrected chi connectivity index (χ3v) is 5.22. The van der Waals surface area contributed by atoms with Gasteiger partial charge < -0.3 is 5.11 Å². The van der Waals surface area contributed by atoms with Crippen LogP contribution in [0.2, 0.25) is 0 Å². The van der Waals surface area contributed by atoms with Crippen LogP contribution in [0.25, 0.3) is 22.9 Å². The smallest absolute Gasteiger partial charge is 0.254 e. The van der Waals surface area contributed by atoms with E-state index in [0.717, 1.165) is 34.4 Å². The highest BCUT2D eigenvalue weighted by Crippen LogP contribution is 2.28. The first-order valence-electron chi connectivity index (χ1n) is 10.1. The van der Waals surface area contributed by atoms with Gasteiger partial charge in [-0.3, -0.25) is 14.3 Å². The van der Waals surface area contributed by atoms with Gasteiger partial charge in [0, 0.05) is 30.5 Å². The Morgan fingerprint density at radius 2 is 2.03 bits per heavy atom. The fourth-order valence-corrected chi connectivity index (χ4v) is 3.54. The predicted octanol–water partition coefficient (Wildman–Crippen LogP) is 4.54. The molecule has 3 rings (SSSR count). The molecule has 5 heteroatoms. The summed E-state index contributed by atoms with van der Waals surface area (Å²) in [5.41, 5.74) is 5.14. The Hall–Kier alpha value is -3.31. The molecule has 1 atom stereocenters. The molecule has 154 valence electrons. The van der Waals surface area contributed by atoms with Crippen molar-refractivity contribution in [1.29, 1.82) is 0 Å². The number of allylic oxidation sites excluding steroid dienone is 1. The van der Waals surface area contributed by atoms with E-state index in [2.05, 4.69) is 23.1 Å². The third kappa shape index (κ3) is 4.81. The molecule has 30 heavy (non-hydrogen) atoms. The van der Waals surface area contributed by atoms with Crippen LogP contribution in [0, 0.1) is 0 Å². The molecular weight excluding hydrogens is 374 g/mol.